The zero-order chi connectivity index (χ0) is 15.2. The number of hydrogen-bond acceptors (Lipinski definition) is 3. The van der Waals surface area contributed by atoms with E-state index in [1.807, 2.05) is 0 Å². The smallest absolute Gasteiger partial charge is 0.251 e. The molecule has 2 rings (SSSR count). The molecule has 4 N–H and O–H groups in total. The second kappa shape index (κ2) is 8.76. The van der Waals surface area contributed by atoms with E-state index < -0.39 is 0 Å². The van der Waals surface area contributed by atoms with Crippen LogP contribution in [-0.4, -0.2) is 23.9 Å². The molecule has 0 aliphatic heterocycles. The number of nitrogens with one attached hydrogen (secondary N) is 2. The number of halogens is 1. The number of benzene rings is 1. The van der Waals surface area contributed by atoms with Gasteiger partial charge in [-0.15, -0.1) is 12.4 Å². The number of nitrogens with two attached hydrogens (primary N) is 1. The minimum Gasteiger partial charge on any atom is -0.349 e. The molecular formula is C16H24ClN3O2. The Morgan fingerprint density at radius 2 is 1.91 bits per heavy atom. The molecule has 22 heavy (non-hydrogen) atoms. The van der Waals surface area contributed by atoms with Crippen molar-refractivity contribution in [2.24, 2.45) is 5.73 Å². The summed E-state index contributed by atoms with van der Waals surface area (Å²) in [6.07, 6.45) is 4.19. The van der Waals surface area contributed by atoms with Crippen LogP contribution in [-0.2, 0) is 4.79 Å². The normalized spacial score (nSPS) is 20.6. The Morgan fingerprint density at radius 3 is 2.55 bits per heavy atom. The average molecular weight is 326 g/mol. The van der Waals surface area contributed by atoms with Crippen molar-refractivity contribution in [3.8, 4) is 0 Å². The third kappa shape index (κ3) is 5.31. The van der Waals surface area contributed by atoms with E-state index in [0.29, 0.717) is 17.7 Å². The first-order chi connectivity index (χ1) is 10.1. The SMILES string of the molecule is CCC(=O)Nc1cccc(C(=O)NC2CCC(N)CC2)c1.Cl. The third-order valence-electron chi connectivity index (χ3n) is 3.84. The maximum atomic E-state index is 12.2. The molecule has 6 heteroatoms. The molecule has 0 spiro atoms. The molecule has 0 saturated heterocycles. The molecule has 1 fully saturated rings. The number of hydrogen-bond donors (Lipinski definition) is 3. The molecule has 1 saturated carbocycles. The van der Waals surface area contributed by atoms with Gasteiger partial charge in [0.25, 0.3) is 5.91 Å². The summed E-state index contributed by atoms with van der Waals surface area (Å²) >= 11 is 0. The largest absolute Gasteiger partial charge is 0.349 e. The van der Waals surface area contributed by atoms with Crippen molar-refractivity contribution in [3.63, 3.8) is 0 Å². The van der Waals surface area contributed by atoms with Crippen LogP contribution in [0.5, 0.6) is 0 Å². The Balaban J connectivity index is 0.00000242. The number of carbonyl (C=O) groups is 2. The molecule has 0 radical (unpaired) electrons. The van der Waals surface area contributed by atoms with Gasteiger partial charge >= 0.3 is 0 Å². The van der Waals surface area contributed by atoms with Gasteiger partial charge in [0.05, 0.1) is 0 Å². The lowest BCUT2D eigenvalue weighted by molar-refractivity contribution is -0.115. The fourth-order valence-electron chi connectivity index (χ4n) is 2.52. The van der Waals surface area contributed by atoms with E-state index in [1.165, 1.54) is 0 Å². The second-order valence-electron chi connectivity index (χ2n) is 5.57. The zero-order valence-corrected chi connectivity index (χ0v) is 13.6. The van der Waals surface area contributed by atoms with Crippen molar-refractivity contribution in [2.45, 2.75) is 51.1 Å². The summed E-state index contributed by atoms with van der Waals surface area (Å²) in [6.45, 7) is 1.79. The van der Waals surface area contributed by atoms with Crippen LogP contribution < -0.4 is 16.4 Å². The Bertz CT molecular complexity index is 514. The highest BCUT2D eigenvalue weighted by molar-refractivity contribution is 5.97. The fraction of sp³-hybridized carbons (Fsp3) is 0.500. The summed E-state index contributed by atoms with van der Waals surface area (Å²) in [7, 11) is 0. The Morgan fingerprint density at radius 1 is 1.23 bits per heavy atom. The van der Waals surface area contributed by atoms with Crippen molar-refractivity contribution in [1.29, 1.82) is 0 Å². The molecule has 1 aliphatic rings. The molecule has 0 atom stereocenters. The zero-order valence-electron chi connectivity index (χ0n) is 12.8. The maximum absolute atomic E-state index is 12.2. The van der Waals surface area contributed by atoms with Crippen LogP contribution in [0.15, 0.2) is 24.3 Å². The van der Waals surface area contributed by atoms with Crippen molar-refractivity contribution in [2.75, 3.05) is 5.32 Å². The summed E-state index contributed by atoms with van der Waals surface area (Å²) in [5, 5.41) is 5.80. The highest BCUT2D eigenvalue weighted by Gasteiger charge is 2.20. The second-order valence-corrected chi connectivity index (χ2v) is 5.57. The van der Waals surface area contributed by atoms with Gasteiger partial charge in [-0.25, -0.2) is 0 Å². The van der Waals surface area contributed by atoms with E-state index in [4.69, 9.17) is 5.73 Å². The summed E-state index contributed by atoms with van der Waals surface area (Å²) in [4.78, 5) is 23.6. The fourth-order valence-corrected chi connectivity index (χ4v) is 2.52. The van der Waals surface area contributed by atoms with Crippen molar-refractivity contribution < 1.29 is 9.59 Å². The third-order valence-corrected chi connectivity index (χ3v) is 3.84. The van der Waals surface area contributed by atoms with Gasteiger partial charge in [0.1, 0.15) is 0 Å². The average Bonchev–Trinajstić information content (AvgIpc) is 2.49. The maximum Gasteiger partial charge on any atom is 0.251 e. The summed E-state index contributed by atoms with van der Waals surface area (Å²) in [5.41, 5.74) is 7.09. The number of amides is 2. The van der Waals surface area contributed by atoms with Gasteiger partial charge in [0.15, 0.2) is 0 Å². The predicted octanol–water partition coefficient (Wildman–Crippen LogP) is 2.46. The van der Waals surface area contributed by atoms with Crippen molar-refractivity contribution in [1.82, 2.24) is 5.32 Å². The van der Waals surface area contributed by atoms with E-state index in [9.17, 15) is 9.59 Å². The van der Waals surface area contributed by atoms with E-state index >= 15 is 0 Å². The van der Waals surface area contributed by atoms with Crippen molar-refractivity contribution in [3.05, 3.63) is 29.8 Å². The van der Waals surface area contributed by atoms with Gasteiger partial charge in [-0.3, -0.25) is 9.59 Å². The topological polar surface area (TPSA) is 84.2 Å². The van der Waals surface area contributed by atoms with Crippen LogP contribution in [0.25, 0.3) is 0 Å². The van der Waals surface area contributed by atoms with E-state index in [1.54, 1.807) is 31.2 Å². The molecule has 1 aliphatic carbocycles. The summed E-state index contributed by atoms with van der Waals surface area (Å²) in [5.74, 6) is -0.156. The van der Waals surface area contributed by atoms with Crippen molar-refractivity contribution >= 4 is 29.9 Å². The molecule has 0 unspecified atom stereocenters. The molecule has 0 bridgehead atoms. The van der Waals surface area contributed by atoms with Crippen LogP contribution in [0.2, 0.25) is 0 Å². The van der Waals surface area contributed by atoms with Crippen LogP contribution in [0.3, 0.4) is 0 Å². The molecule has 0 heterocycles. The van der Waals surface area contributed by atoms with Crippen LogP contribution in [0.1, 0.15) is 49.4 Å². The first-order valence-electron chi connectivity index (χ1n) is 7.55. The molecule has 1 aromatic rings. The lowest BCUT2D eigenvalue weighted by Gasteiger charge is -2.26. The van der Waals surface area contributed by atoms with Gasteiger partial charge < -0.3 is 16.4 Å². The Kier molecular flexibility index (Phi) is 7.35. The summed E-state index contributed by atoms with van der Waals surface area (Å²) in [6, 6.07) is 7.49. The first-order valence-corrected chi connectivity index (χ1v) is 7.55. The molecular weight excluding hydrogens is 302 g/mol. The van der Waals surface area contributed by atoms with Gasteiger partial charge in [-0.2, -0.15) is 0 Å². The van der Waals surface area contributed by atoms with Gasteiger partial charge in [0, 0.05) is 29.8 Å². The molecule has 1 aromatic carbocycles. The predicted molar refractivity (Wildman–Crippen MR) is 90.3 cm³/mol. The number of rotatable bonds is 4. The standard InChI is InChI=1S/C16H23N3O2.ClH/c1-2-15(20)18-14-5-3-4-11(10-14)16(21)19-13-8-6-12(17)7-9-13;/h3-5,10,12-13H,2,6-9,17H2,1H3,(H,18,20)(H,19,21);1H. The quantitative estimate of drug-likeness (QED) is 0.795. The lowest BCUT2D eigenvalue weighted by atomic mass is 9.91. The van der Waals surface area contributed by atoms with Crippen LogP contribution >= 0.6 is 12.4 Å². The van der Waals surface area contributed by atoms with Crippen LogP contribution in [0.4, 0.5) is 5.69 Å². The van der Waals surface area contributed by atoms with Gasteiger partial charge in [0.2, 0.25) is 5.91 Å². The minimum absolute atomic E-state index is 0. The highest BCUT2D eigenvalue weighted by atomic mass is 35.5. The lowest BCUT2D eigenvalue weighted by Crippen LogP contribution is -2.40. The summed E-state index contributed by atoms with van der Waals surface area (Å²) < 4.78 is 0. The Hall–Kier alpha value is -1.59. The van der Waals surface area contributed by atoms with E-state index in [-0.39, 0.29) is 36.3 Å². The van der Waals surface area contributed by atoms with Crippen LogP contribution in [0, 0.1) is 0 Å². The molecule has 122 valence electrons. The first kappa shape index (κ1) is 18.5. The monoisotopic (exact) mass is 325 g/mol. The molecule has 5 nitrogen and oxygen atoms in total. The minimum atomic E-state index is -0.0944. The number of anilines is 1. The van der Waals surface area contributed by atoms with Gasteiger partial charge in [-0.05, 0) is 43.9 Å². The number of carbonyl (C=O) groups excluding carboxylic acids is 2. The van der Waals surface area contributed by atoms with E-state index in [0.717, 1.165) is 25.7 Å². The van der Waals surface area contributed by atoms with E-state index in [2.05, 4.69) is 10.6 Å². The molecule has 2 amide bonds. The highest BCUT2D eigenvalue weighted by Crippen LogP contribution is 2.18. The van der Waals surface area contributed by atoms with Gasteiger partial charge in [-0.1, -0.05) is 13.0 Å². The molecule has 0 aromatic heterocycles. The Labute approximate surface area is 137 Å².